The number of nitriles is 1. The van der Waals surface area contributed by atoms with Crippen LogP contribution in [0.2, 0.25) is 0 Å². The summed E-state index contributed by atoms with van der Waals surface area (Å²) in [7, 11) is 1.59. The zero-order valence-electron chi connectivity index (χ0n) is 13.2. The van der Waals surface area contributed by atoms with Gasteiger partial charge in [-0.05, 0) is 36.2 Å². The topological polar surface area (TPSA) is 86.5 Å². The standard InChI is InChI=1S/C18H17N3O3/c1-24-16-4-2-3-12(8-16)17-9-15(22)11-21(17)18(23)13-5-6-20-14(7-13)10-19/h2-8,15,17,22H,9,11H2,1H3/t15-,17+/m1/s1. The number of benzene rings is 1. The molecule has 0 radical (unpaired) electrons. The molecule has 1 aromatic carbocycles. The van der Waals surface area contributed by atoms with Gasteiger partial charge >= 0.3 is 0 Å². The molecule has 2 atom stereocenters. The van der Waals surface area contributed by atoms with E-state index >= 15 is 0 Å². The molecule has 6 nitrogen and oxygen atoms in total. The second kappa shape index (κ2) is 6.69. The molecule has 1 amide bonds. The Morgan fingerprint density at radius 3 is 3.00 bits per heavy atom. The van der Waals surface area contributed by atoms with E-state index in [9.17, 15) is 9.90 Å². The van der Waals surface area contributed by atoms with Gasteiger partial charge in [0.15, 0.2) is 0 Å². The highest BCUT2D eigenvalue weighted by Crippen LogP contribution is 2.34. The number of hydrogen-bond donors (Lipinski definition) is 1. The Balaban J connectivity index is 1.92. The maximum atomic E-state index is 12.8. The zero-order chi connectivity index (χ0) is 17.1. The Morgan fingerprint density at radius 2 is 2.25 bits per heavy atom. The molecule has 0 bridgehead atoms. The number of β-amino-alcohol motifs (C(OH)–C–C–N with tert-alkyl or cyclic N) is 1. The number of aliphatic hydroxyl groups excluding tert-OH is 1. The van der Waals surface area contributed by atoms with Gasteiger partial charge in [-0.3, -0.25) is 4.79 Å². The SMILES string of the molecule is COc1cccc([C@@H]2C[C@@H](O)CN2C(=O)c2ccnc(C#N)c2)c1. The van der Waals surface area contributed by atoms with Crippen molar-refractivity contribution in [1.82, 2.24) is 9.88 Å². The summed E-state index contributed by atoms with van der Waals surface area (Å²) in [5.74, 6) is 0.482. The normalized spacial score (nSPS) is 19.8. The van der Waals surface area contributed by atoms with E-state index in [0.717, 1.165) is 5.56 Å². The number of carbonyl (C=O) groups excluding carboxylic acids is 1. The van der Waals surface area contributed by atoms with Crippen molar-refractivity contribution in [2.75, 3.05) is 13.7 Å². The van der Waals surface area contributed by atoms with Crippen LogP contribution in [0, 0.1) is 11.3 Å². The van der Waals surface area contributed by atoms with Crippen molar-refractivity contribution < 1.29 is 14.6 Å². The molecule has 0 saturated carbocycles. The first kappa shape index (κ1) is 16.0. The summed E-state index contributed by atoms with van der Waals surface area (Å²) in [6, 6.07) is 12.2. The van der Waals surface area contributed by atoms with Crippen molar-refractivity contribution >= 4 is 5.91 Å². The maximum Gasteiger partial charge on any atom is 0.254 e. The summed E-state index contributed by atoms with van der Waals surface area (Å²) in [6.45, 7) is 0.255. The molecule has 6 heteroatoms. The molecule has 0 unspecified atom stereocenters. The Morgan fingerprint density at radius 1 is 1.42 bits per heavy atom. The van der Waals surface area contributed by atoms with Crippen LogP contribution in [0.15, 0.2) is 42.6 Å². The number of nitrogens with zero attached hydrogens (tertiary/aromatic N) is 3. The molecule has 1 aliphatic rings. The first-order valence-corrected chi connectivity index (χ1v) is 7.61. The molecule has 0 aliphatic carbocycles. The lowest BCUT2D eigenvalue weighted by atomic mass is 10.0. The fourth-order valence-corrected chi connectivity index (χ4v) is 2.99. The molecule has 24 heavy (non-hydrogen) atoms. The summed E-state index contributed by atoms with van der Waals surface area (Å²) in [4.78, 5) is 18.4. The third-order valence-electron chi connectivity index (χ3n) is 4.14. The lowest BCUT2D eigenvalue weighted by Crippen LogP contribution is -2.31. The predicted octanol–water partition coefficient (Wildman–Crippen LogP) is 1.91. The summed E-state index contributed by atoms with van der Waals surface area (Å²) >= 11 is 0. The number of hydrogen-bond acceptors (Lipinski definition) is 5. The molecule has 1 fully saturated rings. The molecule has 1 N–H and O–H groups in total. The number of methoxy groups -OCH3 is 1. The van der Waals surface area contributed by atoms with E-state index in [4.69, 9.17) is 10.00 Å². The fraction of sp³-hybridized carbons (Fsp3) is 0.278. The van der Waals surface area contributed by atoms with Crippen LogP contribution < -0.4 is 4.74 Å². The molecule has 3 rings (SSSR count). The first-order valence-electron chi connectivity index (χ1n) is 7.61. The van der Waals surface area contributed by atoms with Crippen LogP contribution in [0.5, 0.6) is 5.75 Å². The van der Waals surface area contributed by atoms with E-state index in [0.29, 0.717) is 17.7 Å². The van der Waals surface area contributed by atoms with Gasteiger partial charge in [0.2, 0.25) is 0 Å². The van der Waals surface area contributed by atoms with Crippen molar-refractivity contribution in [3.8, 4) is 11.8 Å². The molecule has 1 saturated heterocycles. The average molecular weight is 323 g/mol. The van der Waals surface area contributed by atoms with Crippen LogP contribution in [0.3, 0.4) is 0 Å². The van der Waals surface area contributed by atoms with Crippen molar-refractivity contribution in [3.63, 3.8) is 0 Å². The zero-order valence-corrected chi connectivity index (χ0v) is 13.2. The van der Waals surface area contributed by atoms with Gasteiger partial charge < -0.3 is 14.7 Å². The van der Waals surface area contributed by atoms with Gasteiger partial charge in [-0.2, -0.15) is 5.26 Å². The highest BCUT2D eigenvalue weighted by Gasteiger charge is 2.36. The van der Waals surface area contributed by atoms with E-state index in [1.807, 2.05) is 30.3 Å². The van der Waals surface area contributed by atoms with Crippen LogP contribution in [-0.4, -0.2) is 40.7 Å². The molecule has 122 valence electrons. The first-order chi connectivity index (χ1) is 11.6. The van der Waals surface area contributed by atoms with Crippen LogP contribution in [0.4, 0.5) is 0 Å². The van der Waals surface area contributed by atoms with Gasteiger partial charge in [0, 0.05) is 18.3 Å². The summed E-state index contributed by atoms with van der Waals surface area (Å²) < 4.78 is 5.24. The highest BCUT2D eigenvalue weighted by molar-refractivity contribution is 5.95. The van der Waals surface area contributed by atoms with Gasteiger partial charge in [-0.1, -0.05) is 12.1 Å². The van der Waals surface area contributed by atoms with Crippen LogP contribution >= 0.6 is 0 Å². The quantitative estimate of drug-likeness (QED) is 0.932. The van der Waals surface area contributed by atoms with E-state index in [1.54, 1.807) is 18.1 Å². The van der Waals surface area contributed by atoms with Crippen molar-refractivity contribution in [2.24, 2.45) is 0 Å². The lowest BCUT2D eigenvalue weighted by molar-refractivity contribution is 0.0715. The predicted molar refractivity (Wildman–Crippen MR) is 86.3 cm³/mol. The van der Waals surface area contributed by atoms with Gasteiger partial charge in [-0.15, -0.1) is 0 Å². The third kappa shape index (κ3) is 3.07. The largest absolute Gasteiger partial charge is 0.497 e. The van der Waals surface area contributed by atoms with Gasteiger partial charge in [0.05, 0.1) is 19.3 Å². The summed E-state index contributed by atoms with van der Waals surface area (Å²) in [5, 5.41) is 19.0. The second-order valence-electron chi connectivity index (χ2n) is 5.68. The van der Waals surface area contributed by atoms with Crippen LogP contribution in [0.25, 0.3) is 0 Å². The van der Waals surface area contributed by atoms with Gasteiger partial charge in [0.1, 0.15) is 17.5 Å². The van der Waals surface area contributed by atoms with Gasteiger partial charge in [0.25, 0.3) is 5.91 Å². The number of aromatic nitrogens is 1. The molecule has 2 aromatic rings. The fourth-order valence-electron chi connectivity index (χ4n) is 2.99. The van der Waals surface area contributed by atoms with Crippen LogP contribution in [-0.2, 0) is 0 Å². The number of carbonyl (C=O) groups is 1. The van der Waals surface area contributed by atoms with Crippen LogP contribution in [0.1, 0.15) is 34.1 Å². The second-order valence-corrected chi connectivity index (χ2v) is 5.68. The molecule has 0 spiro atoms. The molecule has 2 heterocycles. The van der Waals surface area contributed by atoms with E-state index in [-0.39, 0.29) is 24.2 Å². The molecule has 1 aliphatic heterocycles. The molecular weight excluding hydrogens is 306 g/mol. The number of ether oxygens (including phenoxy) is 1. The van der Waals surface area contributed by atoms with E-state index < -0.39 is 6.10 Å². The minimum Gasteiger partial charge on any atom is -0.497 e. The monoisotopic (exact) mass is 323 g/mol. The van der Waals surface area contributed by atoms with Crippen molar-refractivity contribution in [3.05, 3.63) is 59.4 Å². The van der Waals surface area contributed by atoms with E-state index in [1.165, 1.54) is 12.3 Å². The number of aliphatic hydroxyl groups is 1. The Hall–Kier alpha value is -2.91. The van der Waals surface area contributed by atoms with E-state index in [2.05, 4.69) is 4.98 Å². The summed E-state index contributed by atoms with van der Waals surface area (Å²) in [5.41, 5.74) is 1.50. The third-order valence-corrected chi connectivity index (χ3v) is 4.14. The maximum absolute atomic E-state index is 12.8. The Bertz CT molecular complexity index is 800. The smallest absolute Gasteiger partial charge is 0.254 e. The Kier molecular flexibility index (Phi) is 4.45. The minimum absolute atomic E-state index is 0.193. The summed E-state index contributed by atoms with van der Waals surface area (Å²) in [6.07, 6.45) is 1.33. The number of pyridine rings is 1. The average Bonchev–Trinajstić information content (AvgIpc) is 3.03. The minimum atomic E-state index is -0.581. The van der Waals surface area contributed by atoms with Crippen molar-refractivity contribution in [1.29, 1.82) is 5.26 Å². The Labute approximate surface area is 139 Å². The van der Waals surface area contributed by atoms with Gasteiger partial charge in [-0.25, -0.2) is 4.98 Å². The molecular formula is C18H17N3O3. The lowest BCUT2D eigenvalue weighted by Gasteiger charge is -2.25. The number of amides is 1. The number of likely N-dealkylation sites (tertiary alicyclic amines) is 1. The van der Waals surface area contributed by atoms with Crippen molar-refractivity contribution in [2.45, 2.75) is 18.6 Å². The highest BCUT2D eigenvalue weighted by atomic mass is 16.5. The molecule has 1 aromatic heterocycles. The number of rotatable bonds is 3.